The van der Waals surface area contributed by atoms with Crippen molar-refractivity contribution < 1.29 is 17.6 Å². The minimum absolute atomic E-state index is 0. The smallest absolute Gasteiger partial charge is 0.242 e. The van der Waals surface area contributed by atoms with Gasteiger partial charge in [0.25, 0.3) is 0 Å². The molecule has 9 heteroatoms. The third-order valence-corrected chi connectivity index (χ3v) is 6.15. The van der Waals surface area contributed by atoms with E-state index < -0.39 is 15.8 Å². The van der Waals surface area contributed by atoms with Crippen molar-refractivity contribution in [3.63, 3.8) is 0 Å². The Bertz CT molecular complexity index is 662. The number of benzene rings is 1. The summed E-state index contributed by atoms with van der Waals surface area (Å²) in [5.41, 5.74) is 5.81. The van der Waals surface area contributed by atoms with Crippen LogP contribution in [0.5, 0.6) is 0 Å². The number of carbonyl (C=O) groups excluding carboxylic acids is 1. The van der Waals surface area contributed by atoms with Gasteiger partial charge in [-0.1, -0.05) is 0 Å². The molecule has 0 spiro atoms. The highest BCUT2D eigenvalue weighted by molar-refractivity contribution is 7.89. The van der Waals surface area contributed by atoms with Gasteiger partial charge in [-0.2, -0.15) is 0 Å². The van der Waals surface area contributed by atoms with Gasteiger partial charge in [-0.05, 0) is 43.5 Å². The average Bonchev–Trinajstić information content (AvgIpc) is 2.55. The van der Waals surface area contributed by atoms with Crippen molar-refractivity contribution in [2.24, 2.45) is 5.73 Å². The van der Waals surface area contributed by atoms with Gasteiger partial charge in [0.2, 0.25) is 15.9 Å². The van der Waals surface area contributed by atoms with Crippen LogP contribution in [0.15, 0.2) is 29.2 Å². The predicted octanol–water partition coefficient (Wildman–Crippen LogP) is 1.60. The highest BCUT2D eigenvalue weighted by Gasteiger charge is 2.23. The first-order valence-corrected chi connectivity index (χ1v) is 9.50. The SMILES string of the molecule is CN(CCCC(=O)N1CCC(N)CC1)S(=O)(=O)c1ccc(F)cc1.Cl. The second-order valence-corrected chi connectivity index (χ2v) is 8.15. The number of hydrogen-bond acceptors (Lipinski definition) is 4. The largest absolute Gasteiger partial charge is 0.343 e. The van der Waals surface area contributed by atoms with E-state index in [0.717, 1.165) is 25.0 Å². The number of nitrogens with two attached hydrogens (primary N) is 1. The molecule has 1 aliphatic rings. The minimum atomic E-state index is -3.66. The number of sulfonamides is 1. The van der Waals surface area contributed by atoms with Gasteiger partial charge in [0.05, 0.1) is 4.90 Å². The Hall–Kier alpha value is -1.22. The van der Waals surface area contributed by atoms with Gasteiger partial charge in [0, 0.05) is 39.1 Å². The molecule has 1 amide bonds. The van der Waals surface area contributed by atoms with Gasteiger partial charge in [0.1, 0.15) is 5.82 Å². The third kappa shape index (κ3) is 5.91. The Morgan fingerprint density at radius 3 is 2.40 bits per heavy atom. The van der Waals surface area contributed by atoms with Crippen molar-refractivity contribution >= 4 is 28.3 Å². The highest BCUT2D eigenvalue weighted by atomic mass is 35.5. The maximum absolute atomic E-state index is 12.9. The first-order valence-electron chi connectivity index (χ1n) is 8.06. The fraction of sp³-hybridized carbons (Fsp3) is 0.562. The third-order valence-electron chi connectivity index (χ3n) is 4.28. The predicted molar refractivity (Wildman–Crippen MR) is 96.5 cm³/mol. The monoisotopic (exact) mass is 393 g/mol. The van der Waals surface area contributed by atoms with E-state index in [1.165, 1.54) is 23.5 Å². The molecule has 1 heterocycles. The molecular weight excluding hydrogens is 369 g/mol. The zero-order valence-corrected chi connectivity index (χ0v) is 15.9. The normalized spacial score (nSPS) is 15.9. The molecule has 25 heavy (non-hydrogen) atoms. The molecule has 2 N–H and O–H groups in total. The number of nitrogens with zero attached hydrogens (tertiary/aromatic N) is 2. The van der Waals surface area contributed by atoms with Gasteiger partial charge >= 0.3 is 0 Å². The quantitative estimate of drug-likeness (QED) is 0.795. The number of rotatable bonds is 6. The molecule has 0 unspecified atom stereocenters. The highest BCUT2D eigenvalue weighted by Crippen LogP contribution is 2.16. The Kier molecular flexibility index (Phi) is 8.27. The summed E-state index contributed by atoms with van der Waals surface area (Å²) >= 11 is 0. The minimum Gasteiger partial charge on any atom is -0.343 e. The number of halogens is 2. The summed E-state index contributed by atoms with van der Waals surface area (Å²) in [6, 6.07) is 4.88. The summed E-state index contributed by atoms with van der Waals surface area (Å²) in [7, 11) is -2.20. The van der Waals surface area contributed by atoms with Gasteiger partial charge in [-0.15, -0.1) is 12.4 Å². The maximum atomic E-state index is 12.9. The molecule has 0 aliphatic carbocycles. The molecule has 142 valence electrons. The first-order chi connectivity index (χ1) is 11.3. The van der Waals surface area contributed by atoms with Crippen molar-refractivity contribution in [3.8, 4) is 0 Å². The molecule has 0 bridgehead atoms. The fourth-order valence-corrected chi connectivity index (χ4v) is 3.88. The molecule has 0 atom stereocenters. The molecular formula is C16H25ClFN3O3S. The molecule has 2 rings (SSSR count). The van der Waals surface area contributed by atoms with E-state index in [4.69, 9.17) is 5.73 Å². The summed E-state index contributed by atoms with van der Waals surface area (Å²) in [5.74, 6) is -0.446. The topological polar surface area (TPSA) is 83.7 Å². The van der Waals surface area contributed by atoms with E-state index in [1.807, 2.05) is 0 Å². The number of amides is 1. The zero-order chi connectivity index (χ0) is 17.7. The van der Waals surface area contributed by atoms with Gasteiger partial charge in [-0.3, -0.25) is 4.79 Å². The van der Waals surface area contributed by atoms with Crippen LogP contribution < -0.4 is 5.73 Å². The fourth-order valence-electron chi connectivity index (χ4n) is 2.67. The van der Waals surface area contributed by atoms with Crippen LogP contribution in [0.1, 0.15) is 25.7 Å². The lowest BCUT2D eigenvalue weighted by molar-refractivity contribution is -0.132. The molecule has 1 aromatic carbocycles. The Balaban J connectivity index is 0.00000312. The van der Waals surface area contributed by atoms with E-state index in [-0.39, 0.29) is 35.8 Å². The van der Waals surface area contributed by atoms with Crippen molar-refractivity contribution in [2.75, 3.05) is 26.7 Å². The lowest BCUT2D eigenvalue weighted by Crippen LogP contribution is -2.43. The Morgan fingerprint density at radius 1 is 1.28 bits per heavy atom. The van der Waals surface area contributed by atoms with Crippen LogP contribution in [-0.2, 0) is 14.8 Å². The van der Waals surface area contributed by atoms with Crippen LogP contribution in [0.3, 0.4) is 0 Å². The van der Waals surface area contributed by atoms with Crippen molar-refractivity contribution in [3.05, 3.63) is 30.1 Å². The second kappa shape index (κ2) is 9.47. The van der Waals surface area contributed by atoms with E-state index in [0.29, 0.717) is 25.9 Å². The van der Waals surface area contributed by atoms with E-state index >= 15 is 0 Å². The number of piperidine rings is 1. The molecule has 0 saturated carbocycles. The van der Waals surface area contributed by atoms with E-state index in [9.17, 15) is 17.6 Å². The summed E-state index contributed by atoms with van der Waals surface area (Å²) in [5, 5.41) is 0. The lowest BCUT2D eigenvalue weighted by atomic mass is 10.1. The van der Waals surface area contributed by atoms with Crippen LogP contribution in [0.2, 0.25) is 0 Å². The van der Waals surface area contributed by atoms with Gasteiger partial charge in [0.15, 0.2) is 0 Å². The zero-order valence-electron chi connectivity index (χ0n) is 14.2. The van der Waals surface area contributed by atoms with Gasteiger partial charge in [-0.25, -0.2) is 17.1 Å². The molecule has 6 nitrogen and oxygen atoms in total. The van der Waals surface area contributed by atoms with Crippen molar-refractivity contribution in [1.82, 2.24) is 9.21 Å². The van der Waals surface area contributed by atoms with Crippen LogP contribution in [0.4, 0.5) is 4.39 Å². The van der Waals surface area contributed by atoms with Crippen molar-refractivity contribution in [1.29, 1.82) is 0 Å². The van der Waals surface area contributed by atoms with Crippen LogP contribution >= 0.6 is 12.4 Å². The Morgan fingerprint density at radius 2 is 1.84 bits per heavy atom. The molecule has 1 fully saturated rings. The molecule has 1 aliphatic heterocycles. The van der Waals surface area contributed by atoms with E-state index in [1.54, 1.807) is 4.90 Å². The van der Waals surface area contributed by atoms with Gasteiger partial charge < -0.3 is 10.6 Å². The maximum Gasteiger partial charge on any atom is 0.242 e. The van der Waals surface area contributed by atoms with E-state index in [2.05, 4.69) is 0 Å². The summed E-state index contributed by atoms with van der Waals surface area (Å²) in [4.78, 5) is 14.0. The number of hydrogen-bond donors (Lipinski definition) is 1. The van der Waals surface area contributed by atoms with Crippen LogP contribution in [0, 0.1) is 5.82 Å². The van der Waals surface area contributed by atoms with Crippen LogP contribution in [0.25, 0.3) is 0 Å². The molecule has 0 aromatic heterocycles. The second-order valence-electron chi connectivity index (χ2n) is 6.10. The molecule has 1 saturated heterocycles. The first kappa shape index (κ1) is 21.8. The number of likely N-dealkylation sites (tertiary alicyclic amines) is 1. The standard InChI is InChI=1S/C16H24FN3O3S.ClH/c1-19(24(22,23)15-6-4-13(17)5-7-15)10-2-3-16(21)20-11-8-14(18)9-12-20;/h4-7,14H,2-3,8-12,18H2,1H3;1H. The summed E-state index contributed by atoms with van der Waals surface area (Å²) < 4.78 is 38.8. The summed E-state index contributed by atoms with van der Waals surface area (Å²) in [6.45, 7) is 1.58. The number of carbonyl (C=O) groups is 1. The summed E-state index contributed by atoms with van der Waals surface area (Å²) in [6.07, 6.45) is 2.37. The Labute approximate surface area is 154 Å². The average molecular weight is 394 g/mol. The van der Waals surface area contributed by atoms with Crippen LogP contribution in [-0.4, -0.2) is 56.3 Å². The van der Waals surface area contributed by atoms with Crippen molar-refractivity contribution in [2.45, 2.75) is 36.6 Å². The lowest BCUT2D eigenvalue weighted by Gasteiger charge is -2.30. The molecule has 0 radical (unpaired) electrons. The molecule has 1 aromatic rings.